The summed E-state index contributed by atoms with van der Waals surface area (Å²) in [5.74, 6) is -1.52. The lowest BCUT2D eigenvalue weighted by molar-refractivity contribution is -0.138. The summed E-state index contributed by atoms with van der Waals surface area (Å²) in [6.07, 6.45) is 0. The molecule has 0 aromatic heterocycles. The molecule has 1 N–H and O–H groups in total. The monoisotopic (exact) mass is 211 g/mol. The highest BCUT2D eigenvalue weighted by Gasteiger charge is 2.02. The fourth-order valence-electron chi connectivity index (χ4n) is 0.885. The Morgan fingerprint density at radius 3 is 2.80 bits per heavy atom. The Hall–Kier alpha value is -1.98. The molecule has 0 spiro atoms. The van der Waals surface area contributed by atoms with Crippen molar-refractivity contribution in [2.45, 2.75) is 0 Å². The zero-order chi connectivity index (χ0) is 11.3. The van der Waals surface area contributed by atoms with E-state index >= 15 is 0 Å². The number of carboxylic acid groups (broad SMARTS) is 1. The van der Waals surface area contributed by atoms with Crippen molar-refractivity contribution in [2.24, 2.45) is 10.3 Å². The van der Waals surface area contributed by atoms with Gasteiger partial charge in [-0.25, -0.2) is 4.39 Å². The van der Waals surface area contributed by atoms with Crippen molar-refractivity contribution in [3.63, 3.8) is 0 Å². The predicted molar refractivity (Wildman–Crippen MR) is 51.2 cm³/mol. The van der Waals surface area contributed by atoms with Gasteiger partial charge in [-0.15, -0.1) is 5.11 Å². The molecule has 0 aliphatic rings. The van der Waals surface area contributed by atoms with Crippen LogP contribution in [0.3, 0.4) is 0 Å². The van der Waals surface area contributed by atoms with Crippen LogP contribution in [0.2, 0.25) is 0 Å². The van der Waals surface area contributed by atoms with E-state index in [1.54, 1.807) is 6.07 Å². The number of carboxylic acids is 1. The number of benzene rings is 1. The second kappa shape index (κ2) is 5.04. The Morgan fingerprint density at radius 2 is 2.20 bits per heavy atom. The minimum absolute atomic E-state index is 0.0785. The van der Waals surface area contributed by atoms with E-state index in [1.165, 1.54) is 25.2 Å². The van der Waals surface area contributed by atoms with E-state index in [4.69, 9.17) is 5.11 Å². The maximum atomic E-state index is 13.0. The van der Waals surface area contributed by atoms with Gasteiger partial charge in [0.05, 0.1) is 0 Å². The number of rotatable bonds is 4. The Morgan fingerprint density at radius 1 is 1.53 bits per heavy atom. The van der Waals surface area contributed by atoms with Crippen molar-refractivity contribution in [1.82, 2.24) is 5.01 Å². The van der Waals surface area contributed by atoms with Crippen LogP contribution in [0.15, 0.2) is 34.6 Å². The molecular weight excluding hydrogens is 201 g/mol. The molecule has 1 aromatic carbocycles. The van der Waals surface area contributed by atoms with Crippen molar-refractivity contribution >= 4 is 11.7 Å². The molecule has 0 saturated heterocycles. The Kier molecular flexibility index (Phi) is 3.73. The lowest BCUT2D eigenvalue weighted by Crippen LogP contribution is -2.19. The number of hydrogen-bond acceptors (Lipinski definition) is 3. The van der Waals surface area contributed by atoms with E-state index in [-0.39, 0.29) is 12.2 Å². The minimum Gasteiger partial charge on any atom is -0.480 e. The first-order valence-electron chi connectivity index (χ1n) is 4.18. The third kappa shape index (κ3) is 3.72. The van der Waals surface area contributed by atoms with Gasteiger partial charge in [-0.1, -0.05) is 17.4 Å². The molecule has 1 rings (SSSR count). The normalized spacial score (nSPS) is 10.5. The van der Waals surface area contributed by atoms with Gasteiger partial charge in [0.2, 0.25) is 0 Å². The minimum atomic E-state index is -1.02. The molecular formula is C9H10FN3O2. The van der Waals surface area contributed by atoms with Crippen LogP contribution in [-0.4, -0.2) is 29.7 Å². The van der Waals surface area contributed by atoms with Crippen molar-refractivity contribution in [3.8, 4) is 0 Å². The van der Waals surface area contributed by atoms with E-state index in [1.807, 2.05) is 0 Å². The first kappa shape index (κ1) is 11.1. The molecule has 0 aliphatic carbocycles. The largest absolute Gasteiger partial charge is 0.480 e. The van der Waals surface area contributed by atoms with Gasteiger partial charge in [0.1, 0.15) is 12.2 Å². The molecule has 0 radical (unpaired) electrons. The van der Waals surface area contributed by atoms with Gasteiger partial charge in [0.25, 0.3) is 0 Å². The molecule has 0 amide bonds. The van der Waals surface area contributed by atoms with Gasteiger partial charge in [-0.3, -0.25) is 9.80 Å². The molecule has 15 heavy (non-hydrogen) atoms. The molecule has 0 aliphatic heterocycles. The SMILES string of the molecule is CN(CC(=O)O)N=Nc1ccccc1F. The first-order chi connectivity index (χ1) is 7.09. The molecule has 0 fully saturated rings. The second-order valence-corrected chi connectivity index (χ2v) is 2.85. The molecule has 6 heteroatoms. The fraction of sp³-hybridized carbons (Fsp3) is 0.222. The average molecular weight is 211 g/mol. The van der Waals surface area contributed by atoms with Gasteiger partial charge in [-0.2, -0.15) is 0 Å². The molecule has 0 atom stereocenters. The summed E-state index contributed by atoms with van der Waals surface area (Å²) in [7, 11) is 1.44. The second-order valence-electron chi connectivity index (χ2n) is 2.85. The number of carbonyl (C=O) groups is 1. The van der Waals surface area contributed by atoms with Crippen LogP contribution in [0, 0.1) is 5.82 Å². The number of likely N-dealkylation sites (N-methyl/N-ethyl adjacent to an activating group) is 1. The third-order valence-corrected chi connectivity index (χ3v) is 1.52. The first-order valence-corrected chi connectivity index (χ1v) is 4.18. The maximum Gasteiger partial charge on any atom is 0.324 e. The number of aliphatic carboxylic acids is 1. The maximum absolute atomic E-state index is 13.0. The average Bonchev–Trinajstić information content (AvgIpc) is 2.15. The van der Waals surface area contributed by atoms with E-state index in [0.717, 1.165) is 5.01 Å². The van der Waals surface area contributed by atoms with Crippen LogP contribution < -0.4 is 0 Å². The molecule has 0 heterocycles. The Labute approximate surface area is 85.8 Å². The van der Waals surface area contributed by atoms with Gasteiger partial charge < -0.3 is 5.11 Å². The van der Waals surface area contributed by atoms with Crippen molar-refractivity contribution in [2.75, 3.05) is 13.6 Å². The molecule has 80 valence electrons. The standard InChI is InChI=1S/C9H10FN3O2/c1-13(6-9(14)15)12-11-8-5-3-2-4-7(8)10/h2-5H,6H2,1H3,(H,14,15). The van der Waals surface area contributed by atoms with Crippen LogP contribution >= 0.6 is 0 Å². The van der Waals surface area contributed by atoms with Crippen LogP contribution in [0.25, 0.3) is 0 Å². The number of halogens is 1. The van der Waals surface area contributed by atoms with Crippen LogP contribution in [0.5, 0.6) is 0 Å². The third-order valence-electron chi connectivity index (χ3n) is 1.52. The summed E-state index contributed by atoms with van der Waals surface area (Å²) in [6.45, 7) is -0.280. The van der Waals surface area contributed by atoms with Gasteiger partial charge in [0, 0.05) is 7.05 Å². The molecule has 1 aromatic rings. The molecule has 0 unspecified atom stereocenters. The van der Waals surface area contributed by atoms with E-state index in [0.29, 0.717) is 0 Å². The van der Waals surface area contributed by atoms with E-state index < -0.39 is 11.8 Å². The lowest BCUT2D eigenvalue weighted by atomic mass is 10.3. The number of hydrogen-bond donors (Lipinski definition) is 1. The number of nitrogens with zero attached hydrogens (tertiary/aromatic N) is 3. The molecule has 0 saturated carbocycles. The highest BCUT2D eigenvalue weighted by atomic mass is 19.1. The fourth-order valence-corrected chi connectivity index (χ4v) is 0.885. The van der Waals surface area contributed by atoms with Crippen molar-refractivity contribution in [3.05, 3.63) is 30.1 Å². The van der Waals surface area contributed by atoms with Crippen molar-refractivity contribution in [1.29, 1.82) is 0 Å². The summed E-state index contributed by atoms with van der Waals surface area (Å²) in [5.41, 5.74) is 0.0785. The summed E-state index contributed by atoms with van der Waals surface area (Å²) >= 11 is 0. The lowest BCUT2D eigenvalue weighted by Gasteiger charge is -2.06. The zero-order valence-corrected chi connectivity index (χ0v) is 8.09. The topological polar surface area (TPSA) is 65.3 Å². The van der Waals surface area contributed by atoms with Crippen LogP contribution in [-0.2, 0) is 4.79 Å². The summed E-state index contributed by atoms with van der Waals surface area (Å²) in [6, 6.07) is 5.86. The van der Waals surface area contributed by atoms with Crippen molar-refractivity contribution < 1.29 is 14.3 Å². The predicted octanol–water partition coefficient (Wildman–Crippen LogP) is 1.84. The smallest absolute Gasteiger partial charge is 0.324 e. The summed E-state index contributed by atoms with van der Waals surface area (Å²) in [4.78, 5) is 10.3. The Bertz CT molecular complexity index is 381. The highest BCUT2D eigenvalue weighted by molar-refractivity contribution is 5.68. The van der Waals surface area contributed by atoms with Crippen LogP contribution in [0.4, 0.5) is 10.1 Å². The van der Waals surface area contributed by atoms with E-state index in [9.17, 15) is 9.18 Å². The zero-order valence-electron chi connectivity index (χ0n) is 8.09. The summed E-state index contributed by atoms with van der Waals surface area (Å²) < 4.78 is 13.0. The van der Waals surface area contributed by atoms with E-state index in [2.05, 4.69) is 10.3 Å². The molecule has 5 nitrogen and oxygen atoms in total. The van der Waals surface area contributed by atoms with Gasteiger partial charge in [0.15, 0.2) is 5.82 Å². The van der Waals surface area contributed by atoms with Gasteiger partial charge in [-0.05, 0) is 12.1 Å². The highest BCUT2D eigenvalue weighted by Crippen LogP contribution is 2.16. The summed E-state index contributed by atoms with van der Waals surface area (Å²) in [5, 5.41) is 16.6. The molecule has 0 bridgehead atoms. The van der Waals surface area contributed by atoms with Crippen LogP contribution in [0.1, 0.15) is 0 Å². The quantitative estimate of drug-likeness (QED) is 0.610. The Balaban J connectivity index is 2.65. The van der Waals surface area contributed by atoms with Gasteiger partial charge >= 0.3 is 5.97 Å².